The third kappa shape index (κ3) is 5.08. The highest BCUT2D eigenvalue weighted by atomic mass is 16.6. The lowest BCUT2D eigenvalue weighted by atomic mass is 10.1. The van der Waals surface area contributed by atoms with Crippen molar-refractivity contribution >= 4 is 11.9 Å². The van der Waals surface area contributed by atoms with Crippen LogP contribution in [0.1, 0.15) is 21.5 Å². The van der Waals surface area contributed by atoms with Crippen LogP contribution in [0.3, 0.4) is 0 Å². The molecular weight excluding hydrogens is 308 g/mol. The minimum atomic E-state index is -0.478. The van der Waals surface area contributed by atoms with Gasteiger partial charge >= 0.3 is 5.97 Å². The largest absolute Gasteiger partial charge is 0.481 e. The molecule has 6 heteroatoms. The first-order chi connectivity index (χ1) is 11.6. The maximum atomic E-state index is 11.8. The predicted molar refractivity (Wildman–Crippen MR) is 88.9 cm³/mol. The van der Waals surface area contributed by atoms with Gasteiger partial charge in [0.15, 0.2) is 6.61 Å². The Balaban J connectivity index is 1.68. The van der Waals surface area contributed by atoms with Crippen molar-refractivity contribution in [1.82, 2.24) is 10.3 Å². The van der Waals surface area contributed by atoms with Gasteiger partial charge in [-0.1, -0.05) is 18.2 Å². The molecule has 2 rings (SSSR count). The molecule has 0 unspecified atom stereocenters. The minimum absolute atomic E-state index is 0.0843. The van der Waals surface area contributed by atoms with Gasteiger partial charge in [-0.3, -0.25) is 9.78 Å². The number of para-hydroxylation sites is 1. The predicted octanol–water partition coefficient (Wildman–Crippen LogP) is 2.05. The molecule has 0 saturated carbocycles. The number of aryl methyl sites for hydroxylation is 2. The van der Waals surface area contributed by atoms with E-state index in [-0.39, 0.29) is 25.7 Å². The number of rotatable bonds is 7. The molecule has 0 aliphatic heterocycles. The van der Waals surface area contributed by atoms with Crippen LogP contribution in [-0.4, -0.2) is 36.6 Å². The zero-order chi connectivity index (χ0) is 17.4. The van der Waals surface area contributed by atoms with Gasteiger partial charge in [-0.05, 0) is 37.1 Å². The number of hydrogen-bond donors (Lipinski definition) is 1. The number of carbonyl (C=O) groups is 2. The molecule has 1 N–H and O–H groups in total. The lowest BCUT2D eigenvalue weighted by Gasteiger charge is -2.11. The average molecular weight is 328 g/mol. The Kier molecular flexibility index (Phi) is 6.31. The second kappa shape index (κ2) is 8.67. The van der Waals surface area contributed by atoms with E-state index >= 15 is 0 Å². The molecular formula is C18H20N2O4. The van der Waals surface area contributed by atoms with Crippen molar-refractivity contribution in [3.63, 3.8) is 0 Å². The van der Waals surface area contributed by atoms with Crippen LogP contribution in [0.5, 0.6) is 5.75 Å². The summed E-state index contributed by atoms with van der Waals surface area (Å²) in [6, 6.07) is 9.11. The number of hydrogen-bond acceptors (Lipinski definition) is 5. The summed E-state index contributed by atoms with van der Waals surface area (Å²) in [7, 11) is 0. The number of aromatic nitrogens is 1. The van der Waals surface area contributed by atoms with Crippen molar-refractivity contribution in [2.45, 2.75) is 13.8 Å². The number of nitrogens with one attached hydrogen (secondary N) is 1. The molecule has 6 nitrogen and oxygen atoms in total. The SMILES string of the molecule is Cc1cccc(C)c1OCC(=O)OCCNC(=O)c1cccnc1. The normalized spacial score (nSPS) is 10.1. The van der Waals surface area contributed by atoms with Gasteiger partial charge in [0.1, 0.15) is 12.4 Å². The zero-order valence-corrected chi connectivity index (χ0v) is 13.7. The molecule has 0 radical (unpaired) electrons. The van der Waals surface area contributed by atoms with Crippen molar-refractivity contribution in [2.75, 3.05) is 19.8 Å². The van der Waals surface area contributed by atoms with Crippen molar-refractivity contribution in [2.24, 2.45) is 0 Å². The summed E-state index contributed by atoms with van der Waals surface area (Å²) in [6.07, 6.45) is 3.06. The highest BCUT2D eigenvalue weighted by molar-refractivity contribution is 5.93. The quantitative estimate of drug-likeness (QED) is 0.622. The van der Waals surface area contributed by atoms with Crippen molar-refractivity contribution in [3.8, 4) is 5.75 Å². The summed E-state index contributed by atoms with van der Waals surface area (Å²) in [5.41, 5.74) is 2.39. The highest BCUT2D eigenvalue weighted by Crippen LogP contribution is 2.22. The molecule has 0 atom stereocenters. The Bertz CT molecular complexity index is 681. The fraction of sp³-hybridized carbons (Fsp3) is 0.278. The van der Waals surface area contributed by atoms with E-state index < -0.39 is 5.97 Å². The minimum Gasteiger partial charge on any atom is -0.481 e. The molecule has 0 aliphatic rings. The highest BCUT2D eigenvalue weighted by Gasteiger charge is 2.09. The van der Waals surface area contributed by atoms with Crippen molar-refractivity contribution < 1.29 is 19.1 Å². The Labute approximate surface area is 140 Å². The molecule has 24 heavy (non-hydrogen) atoms. The summed E-state index contributed by atoms with van der Waals surface area (Å²) >= 11 is 0. The topological polar surface area (TPSA) is 77.5 Å². The number of amides is 1. The third-order valence-corrected chi connectivity index (χ3v) is 3.32. The summed E-state index contributed by atoms with van der Waals surface area (Å²) in [5, 5.41) is 2.65. The van der Waals surface area contributed by atoms with E-state index in [2.05, 4.69) is 10.3 Å². The molecule has 126 valence electrons. The first-order valence-electron chi connectivity index (χ1n) is 7.61. The lowest BCUT2D eigenvalue weighted by Crippen LogP contribution is -2.29. The lowest BCUT2D eigenvalue weighted by molar-refractivity contribution is -0.145. The number of esters is 1. The van der Waals surface area contributed by atoms with Crippen LogP contribution in [0.15, 0.2) is 42.7 Å². The maximum Gasteiger partial charge on any atom is 0.344 e. The second-order valence-corrected chi connectivity index (χ2v) is 5.23. The van der Waals surface area contributed by atoms with Crippen molar-refractivity contribution in [1.29, 1.82) is 0 Å². The fourth-order valence-corrected chi connectivity index (χ4v) is 2.13. The molecule has 0 spiro atoms. The van der Waals surface area contributed by atoms with Crippen molar-refractivity contribution in [3.05, 3.63) is 59.4 Å². The molecule has 0 aliphatic carbocycles. The van der Waals surface area contributed by atoms with E-state index in [9.17, 15) is 9.59 Å². The molecule has 0 bridgehead atoms. The monoisotopic (exact) mass is 328 g/mol. The smallest absolute Gasteiger partial charge is 0.344 e. The van der Waals surface area contributed by atoms with E-state index in [0.29, 0.717) is 11.3 Å². The average Bonchev–Trinajstić information content (AvgIpc) is 2.59. The number of benzene rings is 1. The molecule has 0 fully saturated rings. The van der Waals surface area contributed by atoms with Crippen LogP contribution in [0, 0.1) is 13.8 Å². The van der Waals surface area contributed by atoms with E-state index in [1.54, 1.807) is 18.3 Å². The van der Waals surface area contributed by atoms with Gasteiger partial charge in [0.2, 0.25) is 0 Å². The van der Waals surface area contributed by atoms with Gasteiger partial charge in [-0.2, -0.15) is 0 Å². The molecule has 1 aromatic carbocycles. The number of nitrogens with zero attached hydrogens (tertiary/aromatic N) is 1. The molecule has 2 aromatic rings. The third-order valence-electron chi connectivity index (χ3n) is 3.32. The van der Waals surface area contributed by atoms with Crippen LogP contribution in [0.25, 0.3) is 0 Å². The molecule has 1 aromatic heterocycles. The van der Waals surface area contributed by atoms with E-state index in [1.165, 1.54) is 6.20 Å². The molecule has 0 saturated heterocycles. The summed E-state index contributed by atoms with van der Waals surface area (Å²) in [5.74, 6) is -0.0430. The van der Waals surface area contributed by atoms with E-state index in [0.717, 1.165) is 11.1 Å². The standard InChI is InChI=1S/C18H20N2O4/c1-13-5-3-6-14(2)17(13)24-12-16(21)23-10-9-20-18(22)15-7-4-8-19-11-15/h3-8,11H,9-10,12H2,1-2H3,(H,20,22). The summed E-state index contributed by atoms with van der Waals surface area (Å²) in [6.45, 7) is 3.98. The number of carbonyl (C=O) groups excluding carboxylic acids is 2. The van der Waals surface area contributed by atoms with Gasteiger partial charge in [-0.25, -0.2) is 4.79 Å². The van der Waals surface area contributed by atoms with E-state index in [1.807, 2.05) is 32.0 Å². The van der Waals surface area contributed by atoms with Crippen LogP contribution in [0.4, 0.5) is 0 Å². The molecule has 1 amide bonds. The Morgan fingerprint density at radius 1 is 1.12 bits per heavy atom. The van der Waals surface area contributed by atoms with Gasteiger partial charge in [0, 0.05) is 12.4 Å². The number of ether oxygens (including phenoxy) is 2. The Hall–Kier alpha value is -2.89. The van der Waals surface area contributed by atoms with E-state index in [4.69, 9.17) is 9.47 Å². The Morgan fingerprint density at radius 3 is 2.54 bits per heavy atom. The van der Waals surface area contributed by atoms with Gasteiger partial charge < -0.3 is 14.8 Å². The maximum absolute atomic E-state index is 11.8. The fourth-order valence-electron chi connectivity index (χ4n) is 2.13. The van der Waals surface area contributed by atoms with Crippen LogP contribution < -0.4 is 10.1 Å². The van der Waals surface area contributed by atoms with Crippen LogP contribution in [0.2, 0.25) is 0 Å². The van der Waals surface area contributed by atoms with Gasteiger partial charge in [0.05, 0.1) is 12.1 Å². The molecule has 1 heterocycles. The zero-order valence-electron chi connectivity index (χ0n) is 13.7. The Morgan fingerprint density at radius 2 is 1.88 bits per heavy atom. The van der Waals surface area contributed by atoms with Crippen LogP contribution in [-0.2, 0) is 9.53 Å². The number of pyridine rings is 1. The first-order valence-corrected chi connectivity index (χ1v) is 7.61. The first kappa shape index (κ1) is 17.5. The summed E-state index contributed by atoms with van der Waals surface area (Å²) in [4.78, 5) is 27.3. The van der Waals surface area contributed by atoms with Gasteiger partial charge in [-0.15, -0.1) is 0 Å². The van der Waals surface area contributed by atoms with Gasteiger partial charge in [0.25, 0.3) is 5.91 Å². The van der Waals surface area contributed by atoms with Crippen LogP contribution >= 0.6 is 0 Å². The summed E-state index contributed by atoms with van der Waals surface area (Å²) < 4.78 is 10.5. The second-order valence-electron chi connectivity index (χ2n) is 5.23.